The standard InChI is InChI=1S/C17H15ClN2O2S/c1-11-2-4-12(5-3-11)15-16(17(15,20)10-19)23(21,22)14-8-6-13(18)7-9-14/h2-9,15-16H,20H2,1H3. The zero-order valence-electron chi connectivity index (χ0n) is 12.4. The van der Waals surface area contributed by atoms with Crippen LogP contribution in [0.5, 0.6) is 0 Å². The van der Waals surface area contributed by atoms with Gasteiger partial charge in [-0.3, -0.25) is 0 Å². The van der Waals surface area contributed by atoms with Gasteiger partial charge in [-0.15, -0.1) is 0 Å². The highest BCUT2D eigenvalue weighted by molar-refractivity contribution is 7.92. The lowest BCUT2D eigenvalue weighted by Crippen LogP contribution is -2.29. The van der Waals surface area contributed by atoms with E-state index in [-0.39, 0.29) is 4.90 Å². The molecule has 1 aliphatic carbocycles. The fraction of sp³-hybridized carbons (Fsp3) is 0.235. The molecule has 0 amide bonds. The highest BCUT2D eigenvalue weighted by Crippen LogP contribution is 2.55. The molecule has 118 valence electrons. The van der Waals surface area contributed by atoms with Crippen LogP contribution in [0.15, 0.2) is 53.4 Å². The average molecular weight is 347 g/mol. The van der Waals surface area contributed by atoms with Crippen LogP contribution in [-0.2, 0) is 9.84 Å². The third-order valence-electron chi connectivity index (χ3n) is 4.29. The summed E-state index contributed by atoms with van der Waals surface area (Å²) in [7, 11) is -3.72. The fourth-order valence-corrected chi connectivity index (χ4v) is 5.25. The number of rotatable bonds is 3. The van der Waals surface area contributed by atoms with E-state index in [2.05, 4.69) is 0 Å². The maximum atomic E-state index is 12.9. The average Bonchev–Trinajstić information content (AvgIpc) is 3.16. The number of nitriles is 1. The summed E-state index contributed by atoms with van der Waals surface area (Å²) in [6, 6.07) is 15.3. The van der Waals surface area contributed by atoms with Gasteiger partial charge in [-0.2, -0.15) is 5.26 Å². The van der Waals surface area contributed by atoms with Crippen molar-refractivity contribution < 1.29 is 8.42 Å². The van der Waals surface area contributed by atoms with E-state index in [1.54, 1.807) is 0 Å². The van der Waals surface area contributed by atoms with E-state index >= 15 is 0 Å². The molecule has 6 heteroatoms. The molecule has 3 atom stereocenters. The molecule has 4 nitrogen and oxygen atoms in total. The van der Waals surface area contributed by atoms with Crippen molar-refractivity contribution in [2.45, 2.75) is 28.5 Å². The van der Waals surface area contributed by atoms with Gasteiger partial charge in [0.2, 0.25) is 0 Å². The number of hydrogen-bond donors (Lipinski definition) is 1. The Kier molecular flexibility index (Phi) is 3.72. The quantitative estimate of drug-likeness (QED) is 0.926. The molecule has 2 aromatic carbocycles. The number of halogens is 1. The topological polar surface area (TPSA) is 83.9 Å². The van der Waals surface area contributed by atoms with Crippen LogP contribution in [0, 0.1) is 18.3 Å². The van der Waals surface area contributed by atoms with Gasteiger partial charge in [0, 0.05) is 10.9 Å². The highest BCUT2D eigenvalue weighted by atomic mass is 35.5. The first-order valence-corrected chi connectivity index (χ1v) is 8.99. The van der Waals surface area contributed by atoms with E-state index < -0.39 is 26.5 Å². The van der Waals surface area contributed by atoms with Gasteiger partial charge in [-0.1, -0.05) is 41.4 Å². The Morgan fingerprint density at radius 1 is 1.13 bits per heavy atom. The summed E-state index contributed by atoms with van der Waals surface area (Å²) in [6.45, 7) is 1.94. The summed E-state index contributed by atoms with van der Waals surface area (Å²) >= 11 is 5.81. The smallest absolute Gasteiger partial charge is 0.184 e. The maximum Gasteiger partial charge on any atom is 0.184 e. The van der Waals surface area contributed by atoms with Gasteiger partial charge < -0.3 is 5.73 Å². The lowest BCUT2D eigenvalue weighted by molar-refractivity contribution is 0.592. The first-order chi connectivity index (χ1) is 10.8. The van der Waals surface area contributed by atoms with E-state index in [0.29, 0.717) is 5.02 Å². The van der Waals surface area contributed by atoms with Crippen LogP contribution >= 0.6 is 11.6 Å². The van der Waals surface area contributed by atoms with Crippen LogP contribution in [0.4, 0.5) is 0 Å². The van der Waals surface area contributed by atoms with Crippen LogP contribution in [0.1, 0.15) is 17.0 Å². The summed E-state index contributed by atoms with van der Waals surface area (Å²) in [5.74, 6) is -0.534. The largest absolute Gasteiger partial charge is 0.312 e. The van der Waals surface area contributed by atoms with E-state index in [9.17, 15) is 13.7 Å². The number of aryl methyl sites for hydroxylation is 1. The maximum absolute atomic E-state index is 12.9. The summed E-state index contributed by atoms with van der Waals surface area (Å²) in [6.07, 6.45) is 0. The van der Waals surface area contributed by atoms with Crippen molar-refractivity contribution in [1.29, 1.82) is 5.26 Å². The normalized spacial score (nSPS) is 26.5. The zero-order valence-corrected chi connectivity index (χ0v) is 14.0. The van der Waals surface area contributed by atoms with Crippen LogP contribution < -0.4 is 5.73 Å². The van der Waals surface area contributed by atoms with Gasteiger partial charge in [0.15, 0.2) is 9.84 Å². The Morgan fingerprint density at radius 3 is 2.22 bits per heavy atom. The van der Waals surface area contributed by atoms with Crippen LogP contribution in [0.3, 0.4) is 0 Å². The fourth-order valence-electron chi connectivity index (χ4n) is 2.94. The molecule has 0 bridgehead atoms. The van der Waals surface area contributed by atoms with E-state index in [1.807, 2.05) is 37.3 Å². The molecule has 0 saturated heterocycles. The number of nitrogens with two attached hydrogens (primary N) is 1. The molecule has 0 radical (unpaired) electrons. The molecule has 0 heterocycles. The Hall–Kier alpha value is -1.87. The number of benzene rings is 2. The van der Waals surface area contributed by atoms with E-state index in [0.717, 1.165) is 11.1 Å². The summed E-state index contributed by atoms with van der Waals surface area (Å²) in [4.78, 5) is 0.131. The number of sulfone groups is 1. The van der Waals surface area contributed by atoms with Crippen LogP contribution in [-0.4, -0.2) is 19.2 Å². The summed E-state index contributed by atoms with van der Waals surface area (Å²) < 4.78 is 25.7. The molecule has 3 rings (SSSR count). The van der Waals surface area contributed by atoms with Crippen molar-refractivity contribution in [3.05, 3.63) is 64.7 Å². The molecule has 1 aliphatic rings. The number of hydrogen-bond acceptors (Lipinski definition) is 4. The predicted octanol–water partition coefficient (Wildman–Crippen LogP) is 2.81. The van der Waals surface area contributed by atoms with Gasteiger partial charge >= 0.3 is 0 Å². The van der Waals surface area contributed by atoms with Gasteiger partial charge in [0.1, 0.15) is 10.8 Å². The minimum Gasteiger partial charge on any atom is -0.312 e. The van der Waals surface area contributed by atoms with Gasteiger partial charge in [-0.25, -0.2) is 8.42 Å². The van der Waals surface area contributed by atoms with E-state index in [1.165, 1.54) is 24.3 Å². The van der Waals surface area contributed by atoms with Gasteiger partial charge in [-0.05, 0) is 36.8 Å². The van der Waals surface area contributed by atoms with E-state index in [4.69, 9.17) is 17.3 Å². The van der Waals surface area contributed by atoms with Gasteiger partial charge in [0.25, 0.3) is 0 Å². The second-order valence-corrected chi connectivity index (χ2v) is 8.36. The Labute approximate surface area is 140 Å². The Bertz CT molecular complexity index is 886. The molecule has 23 heavy (non-hydrogen) atoms. The van der Waals surface area contributed by atoms with Crippen LogP contribution in [0.25, 0.3) is 0 Å². The minimum atomic E-state index is -3.72. The first kappa shape index (κ1) is 16.0. The molecule has 1 fully saturated rings. The second-order valence-electron chi connectivity index (χ2n) is 5.85. The van der Waals surface area contributed by atoms with Crippen molar-refractivity contribution in [3.63, 3.8) is 0 Å². The molecule has 0 aliphatic heterocycles. The Morgan fingerprint density at radius 2 is 1.70 bits per heavy atom. The molecule has 2 N–H and O–H groups in total. The van der Waals surface area contributed by atoms with Crippen molar-refractivity contribution in [3.8, 4) is 6.07 Å². The minimum absolute atomic E-state index is 0.131. The van der Waals surface area contributed by atoms with Crippen molar-refractivity contribution >= 4 is 21.4 Å². The molecule has 2 aromatic rings. The lowest BCUT2D eigenvalue weighted by Gasteiger charge is -2.04. The van der Waals surface area contributed by atoms with Crippen molar-refractivity contribution in [2.75, 3.05) is 0 Å². The zero-order chi connectivity index (χ0) is 16.8. The van der Waals surface area contributed by atoms with Crippen LogP contribution in [0.2, 0.25) is 5.02 Å². The lowest BCUT2D eigenvalue weighted by atomic mass is 10.1. The molecule has 0 aromatic heterocycles. The molecule has 3 unspecified atom stereocenters. The van der Waals surface area contributed by atoms with Crippen molar-refractivity contribution in [1.82, 2.24) is 0 Å². The van der Waals surface area contributed by atoms with Gasteiger partial charge in [0.05, 0.1) is 11.0 Å². The molecule has 0 spiro atoms. The molecular weight excluding hydrogens is 332 g/mol. The SMILES string of the molecule is Cc1ccc(C2C(S(=O)(=O)c3ccc(Cl)cc3)C2(N)C#N)cc1. The molecular formula is C17H15ClN2O2S. The second kappa shape index (κ2) is 5.34. The summed E-state index contributed by atoms with van der Waals surface area (Å²) in [5.41, 5.74) is 6.51. The number of nitrogens with zero attached hydrogens (tertiary/aromatic N) is 1. The predicted molar refractivity (Wildman–Crippen MR) is 88.9 cm³/mol. The first-order valence-electron chi connectivity index (χ1n) is 7.07. The molecule has 1 saturated carbocycles. The summed E-state index contributed by atoms with van der Waals surface area (Å²) in [5, 5.41) is 8.91. The van der Waals surface area contributed by atoms with Crippen molar-refractivity contribution in [2.24, 2.45) is 5.73 Å². The third-order valence-corrected chi connectivity index (χ3v) is 6.80. The highest BCUT2D eigenvalue weighted by Gasteiger charge is 2.70. The third kappa shape index (κ3) is 2.53. The Balaban J connectivity index is 2.03. The monoisotopic (exact) mass is 346 g/mol.